The van der Waals surface area contributed by atoms with Crippen LogP contribution >= 0.6 is 12.4 Å². The number of hydrogen-bond donors (Lipinski definition) is 2. The predicted octanol–water partition coefficient (Wildman–Crippen LogP) is 2.73. The van der Waals surface area contributed by atoms with E-state index in [-0.39, 0.29) is 18.4 Å². The zero-order valence-corrected chi connectivity index (χ0v) is 10.4. The van der Waals surface area contributed by atoms with E-state index in [2.05, 4.69) is 24.3 Å². The lowest BCUT2D eigenvalue weighted by molar-refractivity contribution is 0.737. The summed E-state index contributed by atoms with van der Waals surface area (Å²) in [6.07, 6.45) is 0. The highest BCUT2D eigenvalue weighted by atomic mass is 35.5. The van der Waals surface area contributed by atoms with E-state index in [0.29, 0.717) is 6.54 Å². The molecule has 2 aromatic carbocycles. The van der Waals surface area contributed by atoms with Gasteiger partial charge < -0.3 is 11.5 Å². The Balaban J connectivity index is 0.00000144. The molecular weight excluding hydrogens is 232 g/mol. The zero-order chi connectivity index (χ0) is 11.4. The fourth-order valence-electron chi connectivity index (χ4n) is 1.69. The predicted molar refractivity (Wildman–Crippen MR) is 75.1 cm³/mol. The van der Waals surface area contributed by atoms with Gasteiger partial charge in [-0.25, -0.2) is 0 Å². The first-order valence-corrected chi connectivity index (χ1v) is 5.42. The summed E-state index contributed by atoms with van der Waals surface area (Å²) in [5.41, 5.74) is 14.9. The number of benzene rings is 2. The van der Waals surface area contributed by atoms with Crippen molar-refractivity contribution in [1.29, 1.82) is 0 Å². The van der Waals surface area contributed by atoms with Gasteiger partial charge in [0.1, 0.15) is 0 Å². The Morgan fingerprint density at radius 1 is 0.824 bits per heavy atom. The smallest absolute Gasteiger partial charge is 0.0419 e. The highest BCUT2D eigenvalue weighted by molar-refractivity contribution is 5.85. The maximum Gasteiger partial charge on any atom is 0.0419 e. The molecule has 0 aromatic heterocycles. The highest BCUT2D eigenvalue weighted by Crippen LogP contribution is 2.20. The van der Waals surface area contributed by atoms with Crippen LogP contribution in [0.1, 0.15) is 11.6 Å². The molecule has 90 valence electrons. The Labute approximate surface area is 108 Å². The first-order valence-electron chi connectivity index (χ1n) is 5.42. The van der Waals surface area contributed by atoms with E-state index in [1.807, 2.05) is 30.3 Å². The van der Waals surface area contributed by atoms with Gasteiger partial charge in [-0.2, -0.15) is 0 Å². The Morgan fingerprint density at radius 3 is 1.88 bits per heavy atom. The normalized spacial score (nSPS) is 11.6. The van der Waals surface area contributed by atoms with Crippen molar-refractivity contribution in [3.05, 3.63) is 60.2 Å². The summed E-state index contributed by atoms with van der Waals surface area (Å²) >= 11 is 0. The lowest BCUT2D eigenvalue weighted by Crippen LogP contribution is -2.20. The second-order valence-corrected chi connectivity index (χ2v) is 3.83. The van der Waals surface area contributed by atoms with Gasteiger partial charge in [-0.3, -0.25) is 0 Å². The van der Waals surface area contributed by atoms with Crippen molar-refractivity contribution in [2.45, 2.75) is 6.04 Å². The molecule has 1 atom stereocenters. The SMILES string of the molecule is Cl.NC[C@@H](N)c1ccc(-c2ccccc2)cc1. The molecule has 0 saturated carbocycles. The largest absolute Gasteiger partial charge is 0.329 e. The summed E-state index contributed by atoms with van der Waals surface area (Å²) in [5.74, 6) is 0. The Hall–Kier alpha value is -1.35. The van der Waals surface area contributed by atoms with Crippen LogP contribution in [-0.2, 0) is 0 Å². The van der Waals surface area contributed by atoms with Crippen molar-refractivity contribution < 1.29 is 0 Å². The minimum Gasteiger partial charge on any atom is -0.329 e. The van der Waals surface area contributed by atoms with Crippen LogP contribution in [0.25, 0.3) is 11.1 Å². The summed E-state index contributed by atoms with van der Waals surface area (Å²) in [6, 6.07) is 18.5. The standard InChI is InChI=1S/C14H16N2.ClH/c15-10-14(16)13-8-6-12(7-9-13)11-4-2-1-3-5-11;/h1-9,14H,10,15-16H2;1H/t14-;/m1./s1. The topological polar surface area (TPSA) is 52.0 Å². The van der Waals surface area contributed by atoms with E-state index in [4.69, 9.17) is 11.5 Å². The van der Waals surface area contributed by atoms with Gasteiger partial charge >= 0.3 is 0 Å². The van der Waals surface area contributed by atoms with Gasteiger partial charge in [-0.05, 0) is 16.7 Å². The molecule has 0 amide bonds. The Morgan fingerprint density at radius 2 is 1.35 bits per heavy atom. The molecule has 0 aliphatic rings. The molecule has 0 bridgehead atoms. The molecule has 0 spiro atoms. The third-order valence-corrected chi connectivity index (χ3v) is 2.70. The molecule has 3 heteroatoms. The summed E-state index contributed by atoms with van der Waals surface area (Å²) in [7, 11) is 0. The molecule has 2 aromatic rings. The van der Waals surface area contributed by atoms with Crippen LogP contribution in [0.4, 0.5) is 0 Å². The number of halogens is 1. The van der Waals surface area contributed by atoms with Crippen molar-refractivity contribution in [1.82, 2.24) is 0 Å². The molecule has 17 heavy (non-hydrogen) atoms. The summed E-state index contributed by atoms with van der Waals surface area (Å²) < 4.78 is 0. The molecule has 0 aliphatic carbocycles. The minimum absolute atomic E-state index is 0. The van der Waals surface area contributed by atoms with Crippen molar-refractivity contribution >= 4 is 12.4 Å². The highest BCUT2D eigenvalue weighted by Gasteiger charge is 2.03. The van der Waals surface area contributed by atoms with Gasteiger partial charge in [0.25, 0.3) is 0 Å². The second-order valence-electron chi connectivity index (χ2n) is 3.83. The molecule has 0 aliphatic heterocycles. The Kier molecular flexibility index (Phi) is 5.16. The first kappa shape index (κ1) is 13.7. The van der Waals surface area contributed by atoms with Crippen LogP contribution < -0.4 is 11.5 Å². The van der Waals surface area contributed by atoms with E-state index in [1.165, 1.54) is 11.1 Å². The van der Waals surface area contributed by atoms with Gasteiger partial charge in [-0.1, -0.05) is 54.6 Å². The van der Waals surface area contributed by atoms with E-state index in [9.17, 15) is 0 Å². The van der Waals surface area contributed by atoms with Gasteiger partial charge in [0.2, 0.25) is 0 Å². The van der Waals surface area contributed by atoms with Gasteiger partial charge in [-0.15, -0.1) is 12.4 Å². The van der Waals surface area contributed by atoms with E-state index < -0.39 is 0 Å². The molecule has 0 unspecified atom stereocenters. The van der Waals surface area contributed by atoms with Crippen LogP contribution in [0.5, 0.6) is 0 Å². The maximum atomic E-state index is 5.86. The average Bonchev–Trinajstić information content (AvgIpc) is 2.39. The minimum atomic E-state index is -0.0650. The van der Waals surface area contributed by atoms with E-state index in [1.54, 1.807) is 0 Å². The van der Waals surface area contributed by atoms with Crippen LogP contribution in [-0.4, -0.2) is 6.54 Å². The lowest BCUT2D eigenvalue weighted by atomic mass is 10.0. The number of hydrogen-bond acceptors (Lipinski definition) is 2. The van der Waals surface area contributed by atoms with Crippen molar-refractivity contribution in [3.8, 4) is 11.1 Å². The molecule has 0 fully saturated rings. The molecule has 0 radical (unpaired) electrons. The third-order valence-electron chi connectivity index (χ3n) is 2.70. The van der Waals surface area contributed by atoms with Crippen molar-refractivity contribution in [2.75, 3.05) is 6.54 Å². The molecule has 0 saturated heterocycles. The molecule has 4 N–H and O–H groups in total. The fraction of sp³-hybridized carbons (Fsp3) is 0.143. The monoisotopic (exact) mass is 248 g/mol. The molecule has 2 rings (SSSR count). The van der Waals surface area contributed by atoms with Crippen molar-refractivity contribution in [3.63, 3.8) is 0 Å². The second kappa shape index (κ2) is 6.40. The van der Waals surface area contributed by atoms with Crippen molar-refractivity contribution in [2.24, 2.45) is 11.5 Å². The third kappa shape index (κ3) is 3.30. The summed E-state index contributed by atoms with van der Waals surface area (Å²) in [4.78, 5) is 0. The summed E-state index contributed by atoms with van der Waals surface area (Å²) in [5, 5.41) is 0. The van der Waals surface area contributed by atoms with Crippen LogP contribution in [0.3, 0.4) is 0 Å². The number of rotatable bonds is 3. The van der Waals surface area contributed by atoms with E-state index in [0.717, 1.165) is 5.56 Å². The lowest BCUT2D eigenvalue weighted by Gasteiger charge is -2.09. The van der Waals surface area contributed by atoms with Crippen LogP contribution in [0.2, 0.25) is 0 Å². The van der Waals surface area contributed by atoms with Gasteiger partial charge in [0, 0.05) is 12.6 Å². The van der Waals surface area contributed by atoms with E-state index >= 15 is 0 Å². The molecule has 0 heterocycles. The van der Waals surface area contributed by atoms with Gasteiger partial charge in [0.15, 0.2) is 0 Å². The fourth-order valence-corrected chi connectivity index (χ4v) is 1.69. The first-order chi connectivity index (χ1) is 7.81. The average molecular weight is 249 g/mol. The van der Waals surface area contributed by atoms with Crippen LogP contribution in [0.15, 0.2) is 54.6 Å². The van der Waals surface area contributed by atoms with Gasteiger partial charge in [0.05, 0.1) is 0 Å². The zero-order valence-electron chi connectivity index (χ0n) is 9.54. The summed E-state index contributed by atoms with van der Waals surface area (Å²) in [6.45, 7) is 0.477. The molecular formula is C14H17ClN2. The number of nitrogens with two attached hydrogens (primary N) is 2. The maximum absolute atomic E-state index is 5.86. The Bertz CT molecular complexity index is 440. The molecule has 2 nitrogen and oxygen atoms in total. The van der Waals surface area contributed by atoms with Crippen LogP contribution in [0, 0.1) is 0 Å². The quantitative estimate of drug-likeness (QED) is 0.878.